The molecular weight excluding hydrogens is 526 g/mol. The van der Waals surface area contributed by atoms with E-state index in [0.717, 1.165) is 54.0 Å². The summed E-state index contributed by atoms with van der Waals surface area (Å²) in [6.07, 6.45) is 5.25. The van der Waals surface area contributed by atoms with Crippen molar-refractivity contribution in [1.29, 1.82) is 0 Å². The predicted octanol–water partition coefficient (Wildman–Crippen LogP) is 5.36. The number of esters is 1. The number of imidazole rings is 1. The van der Waals surface area contributed by atoms with Gasteiger partial charge in [0.2, 0.25) is 0 Å². The summed E-state index contributed by atoms with van der Waals surface area (Å²) in [5.74, 6) is 0.701. The summed E-state index contributed by atoms with van der Waals surface area (Å²) in [5, 5.41) is 0.102. The maximum atomic E-state index is 13.6. The number of fused-ring (bicyclic) bond motifs is 1. The standard InChI is InChI=1S/C28H32ClN3O5S/c1-32-21-9-8-18(30)13-20(21)31-27(32)38-25-22(33)15-28(37-26(25)34,17-6-4-5-7-17)11-10-16-12-19(29)24(36-3)14-23(16)35-2/h8-9,12-14,17,25H,4-7,10-11,15,30H2,1-3H3. The van der Waals surface area contributed by atoms with Gasteiger partial charge in [-0.2, -0.15) is 0 Å². The number of hydrogen-bond donors (Lipinski definition) is 1. The number of nitrogens with zero attached hydrogens (tertiary/aromatic N) is 2. The quantitative estimate of drug-likeness (QED) is 0.224. The van der Waals surface area contributed by atoms with Gasteiger partial charge in [-0.15, -0.1) is 0 Å². The van der Waals surface area contributed by atoms with E-state index in [4.69, 9.17) is 31.5 Å². The van der Waals surface area contributed by atoms with Gasteiger partial charge in [-0.1, -0.05) is 36.2 Å². The van der Waals surface area contributed by atoms with E-state index in [0.29, 0.717) is 40.2 Å². The molecule has 2 atom stereocenters. The number of ketones is 1. The second-order valence-corrected chi connectivity index (χ2v) is 11.6. The SMILES string of the molecule is COc1cc(OC)c(CCC2(C3CCCC3)CC(=O)C(Sc3nc4cc(N)ccc4n3C)C(=O)O2)cc1Cl. The second-order valence-electron chi connectivity index (χ2n) is 10.1. The van der Waals surface area contributed by atoms with E-state index in [-0.39, 0.29) is 18.1 Å². The summed E-state index contributed by atoms with van der Waals surface area (Å²) < 4.78 is 19.0. The first-order chi connectivity index (χ1) is 18.2. The Bertz CT molecular complexity index is 1370. The van der Waals surface area contributed by atoms with E-state index in [1.807, 2.05) is 23.7 Å². The zero-order valence-corrected chi connectivity index (χ0v) is 23.4. The predicted molar refractivity (Wildman–Crippen MR) is 148 cm³/mol. The third kappa shape index (κ3) is 4.94. The van der Waals surface area contributed by atoms with Crippen LogP contribution in [0.15, 0.2) is 35.5 Å². The van der Waals surface area contributed by atoms with Gasteiger partial charge in [0.1, 0.15) is 17.1 Å². The molecule has 2 fully saturated rings. The van der Waals surface area contributed by atoms with Gasteiger partial charge >= 0.3 is 5.97 Å². The molecule has 202 valence electrons. The number of hydrogen-bond acceptors (Lipinski definition) is 8. The zero-order chi connectivity index (χ0) is 27.0. The number of anilines is 1. The molecule has 2 heterocycles. The van der Waals surface area contributed by atoms with Gasteiger partial charge in [0.25, 0.3) is 0 Å². The summed E-state index contributed by atoms with van der Waals surface area (Å²) in [4.78, 5) is 31.7. The molecule has 2 N–H and O–H groups in total. The van der Waals surface area contributed by atoms with Crippen LogP contribution in [0.3, 0.4) is 0 Å². The summed E-state index contributed by atoms with van der Waals surface area (Å²) in [6, 6.07) is 9.05. The number of halogens is 1. The van der Waals surface area contributed by atoms with Crippen molar-refractivity contribution in [2.45, 2.75) is 61.0 Å². The van der Waals surface area contributed by atoms with Gasteiger partial charge in [0.05, 0.1) is 30.3 Å². The van der Waals surface area contributed by atoms with Gasteiger partial charge < -0.3 is 24.5 Å². The Labute approximate surface area is 231 Å². The highest BCUT2D eigenvalue weighted by atomic mass is 35.5. The van der Waals surface area contributed by atoms with Crippen LogP contribution in [-0.2, 0) is 27.8 Å². The number of thioether (sulfide) groups is 1. The van der Waals surface area contributed by atoms with Crippen molar-refractivity contribution < 1.29 is 23.8 Å². The number of aryl methyl sites for hydroxylation is 2. The molecule has 1 aliphatic heterocycles. The largest absolute Gasteiger partial charge is 0.496 e. The molecule has 1 aliphatic carbocycles. The molecule has 0 radical (unpaired) electrons. The van der Waals surface area contributed by atoms with Crippen molar-refractivity contribution >= 4 is 51.8 Å². The second kappa shape index (κ2) is 10.7. The first-order valence-corrected chi connectivity index (χ1v) is 14.0. The summed E-state index contributed by atoms with van der Waals surface area (Å²) >= 11 is 7.54. The number of aromatic nitrogens is 2. The molecule has 1 saturated carbocycles. The van der Waals surface area contributed by atoms with E-state index < -0.39 is 16.8 Å². The smallest absolute Gasteiger partial charge is 0.327 e. The van der Waals surface area contributed by atoms with E-state index in [9.17, 15) is 9.59 Å². The average molecular weight is 558 g/mol. The molecule has 38 heavy (non-hydrogen) atoms. The minimum Gasteiger partial charge on any atom is -0.496 e. The van der Waals surface area contributed by atoms with E-state index in [1.165, 1.54) is 0 Å². The van der Waals surface area contributed by atoms with E-state index in [1.54, 1.807) is 32.4 Å². The van der Waals surface area contributed by atoms with Gasteiger partial charge in [-0.25, -0.2) is 4.98 Å². The normalized spacial score (nSPS) is 22.2. The van der Waals surface area contributed by atoms with Crippen molar-refractivity contribution in [1.82, 2.24) is 9.55 Å². The van der Waals surface area contributed by atoms with Gasteiger partial charge in [0.15, 0.2) is 16.2 Å². The van der Waals surface area contributed by atoms with Crippen molar-refractivity contribution in [2.24, 2.45) is 13.0 Å². The molecule has 5 rings (SSSR count). The fraction of sp³-hybridized carbons (Fsp3) is 0.464. The lowest BCUT2D eigenvalue weighted by atomic mass is 9.76. The molecule has 1 saturated heterocycles. The lowest BCUT2D eigenvalue weighted by Gasteiger charge is -2.42. The van der Waals surface area contributed by atoms with Crippen LogP contribution in [0.2, 0.25) is 5.02 Å². The molecule has 3 aromatic rings. The number of carbonyl (C=O) groups is 2. The molecule has 0 spiro atoms. The van der Waals surface area contributed by atoms with Crippen LogP contribution in [0.25, 0.3) is 11.0 Å². The van der Waals surface area contributed by atoms with Crippen molar-refractivity contribution in [3.05, 3.63) is 40.9 Å². The number of rotatable bonds is 8. The highest BCUT2D eigenvalue weighted by Crippen LogP contribution is 2.46. The number of carbonyl (C=O) groups excluding carboxylic acids is 2. The van der Waals surface area contributed by atoms with Crippen LogP contribution in [0, 0.1) is 5.92 Å². The van der Waals surface area contributed by atoms with Gasteiger partial charge in [-0.3, -0.25) is 9.59 Å². The third-order valence-electron chi connectivity index (χ3n) is 7.84. The monoisotopic (exact) mass is 557 g/mol. The fourth-order valence-electron chi connectivity index (χ4n) is 5.82. The molecule has 0 bridgehead atoms. The van der Waals surface area contributed by atoms with Gasteiger partial charge in [0, 0.05) is 25.2 Å². The Morgan fingerprint density at radius 3 is 2.58 bits per heavy atom. The molecule has 1 aromatic heterocycles. The zero-order valence-electron chi connectivity index (χ0n) is 21.8. The Morgan fingerprint density at radius 1 is 1.16 bits per heavy atom. The van der Waals surface area contributed by atoms with E-state index >= 15 is 0 Å². The Kier molecular flexibility index (Phi) is 7.51. The molecule has 8 nitrogen and oxygen atoms in total. The molecule has 2 aromatic carbocycles. The van der Waals surface area contributed by atoms with E-state index in [2.05, 4.69) is 4.98 Å². The Morgan fingerprint density at radius 2 is 1.89 bits per heavy atom. The molecule has 2 aliphatic rings. The molecule has 0 amide bonds. The first kappa shape index (κ1) is 26.7. The number of ether oxygens (including phenoxy) is 3. The number of Topliss-reactive ketones (excluding diaryl/α,β-unsaturated/α-hetero) is 1. The highest BCUT2D eigenvalue weighted by Gasteiger charge is 2.52. The lowest BCUT2D eigenvalue weighted by Crippen LogP contribution is -2.53. The number of nitrogen functional groups attached to an aromatic ring is 1. The summed E-state index contributed by atoms with van der Waals surface area (Å²) in [7, 11) is 5.02. The van der Waals surface area contributed by atoms with Crippen LogP contribution < -0.4 is 15.2 Å². The van der Waals surface area contributed by atoms with Crippen molar-refractivity contribution in [2.75, 3.05) is 20.0 Å². The number of nitrogens with two attached hydrogens (primary N) is 1. The minimum atomic E-state index is -0.956. The maximum absolute atomic E-state index is 13.6. The third-order valence-corrected chi connectivity index (χ3v) is 9.40. The lowest BCUT2D eigenvalue weighted by molar-refractivity contribution is -0.177. The Balaban J connectivity index is 1.39. The number of benzene rings is 2. The summed E-state index contributed by atoms with van der Waals surface area (Å²) in [5.41, 5.74) is 8.15. The maximum Gasteiger partial charge on any atom is 0.327 e. The van der Waals surface area contributed by atoms with Crippen LogP contribution in [0.4, 0.5) is 5.69 Å². The molecule has 2 unspecified atom stereocenters. The highest BCUT2D eigenvalue weighted by molar-refractivity contribution is 8.01. The van der Waals surface area contributed by atoms with Crippen molar-refractivity contribution in [3.8, 4) is 11.5 Å². The van der Waals surface area contributed by atoms with Gasteiger partial charge in [-0.05, 0) is 61.4 Å². The molecular formula is C28H32ClN3O5S. The number of cyclic esters (lactones) is 1. The fourth-order valence-corrected chi connectivity index (χ4v) is 7.06. The number of methoxy groups -OCH3 is 2. The molecule has 10 heteroatoms. The summed E-state index contributed by atoms with van der Waals surface area (Å²) in [6.45, 7) is 0. The van der Waals surface area contributed by atoms with Crippen LogP contribution in [0.5, 0.6) is 11.5 Å². The van der Waals surface area contributed by atoms with Crippen molar-refractivity contribution in [3.63, 3.8) is 0 Å². The minimum absolute atomic E-state index is 0.121. The first-order valence-electron chi connectivity index (χ1n) is 12.8. The van der Waals surface area contributed by atoms with Crippen LogP contribution >= 0.6 is 23.4 Å². The van der Waals surface area contributed by atoms with Crippen LogP contribution in [0.1, 0.15) is 44.1 Å². The topological polar surface area (TPSA) is 106 Å². The Hall–Kier alpha value is -2.91. The average Bonchev–Trinajstić information content (AvgIpc) is 3.54. The van der Waals surface area contributed by atoms with Crippen LogP contribution in [-0.4, -0.2) is 46.4 Å².